The van der Waals surface area contributed by atoms with E-state index in [1.807, 2.05) is 11.5 Å². The van der Waals surface area contributed by atoms with Crippen LogP contribution in [0.3, 0.4) is 0 Å². The van der Waals surface area contributed by atoms with E-state index >= 15 is 0 Å². The van der Waals surface area contributed by atoms with Gasteiger partial charge in [-0.1, -0.05) is 0 Å². The van der Waals surface area contributed by atoms with Crippen LogP contribution in [0.1, 0.15) is 36.1 Å². The first kappa shape index (κ1) is 23.3. The van der Waals surface area contributed by atoms with Crippen LogP contribution in [0, 0.1) is 10.1 Å². The number of ketones is 1. The Balaban J connectivity index is 1.54. The van der Waals surface area contributed by atoms with Crippen molar-refractivity contribution in [3.8, 4) is 5.75 Å². The van der Waals surface area contributed by atoms with E-state index in [9.17, 15) is 24.8 Å². The molecule has 0 radical (unpaired) electrons. The molecule has 0 bridgehead atoms. The molecule has 3 aromatic rings. The predicted octanol–water partition coefficient (Wildman–Crippen LogP) is 3.63. The summed E-state index contributed by atoms with van der Waals surface area (Å²) < 4.78 is 7.60. The Morgan fingerprint density at radius 3 is 2.67 bits per heavy atom. The molecule has 184 valence electrons. The average molecular weight is 489 g/mol. The van der Waals surface area contributed by atoms with Gasteiger partial charge >= 0.3 is 0 Å². The molecule has 2 aliphatic heterocycles. The zero-order chi connectivity index (χ0) is 25.4. The van der Waals surface area contributed by atoms with Crippen LogP contribution in [0.15, 0.2) is 66.8 Å². The first-order chi connectivity index (χ1) is 17.3. The number of likely N-dealkylation sites (tertiary alicyclic amines) is 1. The third-order valence-electron chi connectivity index (χ3n) is 6.50. The number of hydrogen-bond acceptors (Lipinski definition) is 7. The number of carbonyl (C=O) groups is 2. The Bertz CT molecular complexity index is 1360. The van der Waals surface area contributed by atoms with E-state index in [0.717, 1.165) is 11.3 Å². The summed E-state index contributed by atoms with van der Waals surface area (Å²) >= 11 is 0. The fourth-order valence-electron chi connectivity index (χ4n) is 4.80. The molecule has 0 spiro atoms. The van der Waals surface area contributed by atoms with Crippen molar-refractivity contribution >= 4 is 23.1 Å². The van der Waals surface area contributed by atoms with Crippen molar-refractivity contribution < 1.29 is 24.4 Å². The number of fused-ring (bicyclic) bond motifs is 1. The molecule has 3 heterocycles. The zero-order valence-corrected chi connectivity index (χ0v) is 19.5. The average Bonchev–Trinajstić information content (AvgIpc) is 3.57. The normalized spacial score (nSPS) is 20.4. The second kappa shape index (κ2) is 9.29. The number of carbonyl (C=O) groups excluding carboxylic acids is 2. The quantitative estimate of drug-likeness (QED) is 0.177. The minimum atomic E-state index is -0.878. The molecule has 1 aromatic heterocycles. The van der Waals surface area contributed by atoms with Crippen LogP contribution in [0.2, 0.25) is 0 Å². The Hall–Kier alpha value is -4.47. The number of non-ortho nitro benzene ring substituents is 1. The standard InChI is InChI=1S/C26H24N4O6/c1-16-13-19-14-18(5-8-21(19)36-16)24(31)22-23(17-3-6-20(7-4-17)30(34)35)29(26(33)25(22)32)11-2-10-28-12-9-27-15-28/h3-9,12,14-16,23,31H,2,10-11,13H2,1H3/t16-,23+/m1/s1. The maximum Gasteiger partial charge on any atom is 0.295 e. The van der Waals surface area contributed by atoms with Crippen LogP contribution in [0.4, 0.5) is 5.69 Å². The molecular formula is C26H24N4O6. The Morgan fingerprint density at radius 2 is 1.97 bits per heavy atom. The number of aliphatic hydroxyl groups is 1. The third kappa shape index (κ3) is 4.21. The number of aromatic nitrogens is 2. The summed E-state index contributed by atoms with van der Waals surface area (Å²) in [5, 5.41) is 22.4. The lowest BCUT2D eigenvalue weighted by molar-refractivity contribution is -0.384. The van der Waals surface area contributed by atoms with Gasteiger partial charge in [-0.05, 0) is 54.8 Å². The maximum absolute atomic E-state index is 13.2. The van der Waals surface area contributed by atoms with Gasteiger partial charge in [-0.3, -0.25) is 19.7 Å². The van der Waals surface area contributed by atoms with Crippen LogP contribution in [0.25, 0.3) is 5.76 Å². The molecule has 1 N–H and O–H groups in total. The van der Waals surface area contributed by atoms with E-state index < -0.39 is 22.7 Å². The number of aryl methyl sites for hydroxylation is 1. The molecule has 2 aliphatic rings. The van der Waals surface area contributed by atoms with Crippen LogP contribution >= 0.6 is 0 Å². The van der Waals surface area contributed by atoms with E-state index in [1.54, 1.807) is 36.9 Å². The van der Waals surface area contributed by atoms with Crippen molar-refractivity contribution in [1.29, 1.82) is 0 Å². The topological polar surface area (TPSA) is 128 Å². The smallest absolute Gasteiger partial charge is 0.295 e. The lowest BCUT2D eigenvalue weighted by atomic mass is 9.94. The van der Waals surface area contributed by atoms with Crippen LogP contribution < -0.4 is 4.74 Å². The largest absolute Gasteiger partial charge is 0.507 e. The Morgan fingerprint density at radius 1 is 1.19 bits per heavy atom. The molecule has 0 aliphatic carbocycles. The molecule has 0 saturated carbocycles. The molecule has 5 rings (SSSR count). The van der Waals surface area contributed by atoms with E-state index in [0.29, 0.717) is 30.5 Å². The number of Topliss-reactive ketones (excluding diaryl/α,β-unsaturated/α-hetero) is 1. The monoisotopic (exact) mass is 488 g/mol. The van der Waals surface area contributed by atoms with Gasteiger partial charge in [0.1, 0.15) is 17.6 Å². The Kier molecular flexibility index (Phi) is 6.01. The van der Waals surface area contributed by atoms with Gasteiger partial charge in [-0.2, -0.15) is 0 Å². The van der Waals surface area contributed by atoms with Gasteiger partial charge < -0.3 is 19.3 Å². The summed E-state index contributed by atoms with van der Waals surface area (Å²) in [4.78, 5) is 42.4. The number of aliphatic hydroxyl groups excluding tert-OH is 1. The number of imidazole rings is 1. The predicted molar refractivity (Wildman–Crippen MR) is 129 cm³/mol. The van der Waals surface area contributed by atoms with Crippen molar-refractivity contribution in [2.24, 2.45) is 0 Å². The van der Waals surface area contributed by atoms with Gasteiger partial charge in [0, 0.05) is 49.6 Å². The minimum absolute atomic E-state index is 0.0126. The summed E-state index contributed by atoms with van der Waals surface area (Å²) in [6.07, 6.45) is 6.36. The minimum Gasteiger partial charge on any atom is -0.507 e. The number of ether oxygens (including phenoxy) is 1. The van der Waals surface area contributed by atoms with Crippen LogP contribution in [0.5, 0.6) is 5.75 Å². The number of hydrogen-bond donors (Lipinski definition) is 1. The number of nitrogens with zero attached hydrogens (tertiary/aromatic N) is 4. The molecule has 1 amide bonds. The summed E-state index contributed by atoms with van der Waals surface area (Å²) in [7, 11) is 0. The molecular weight excluding hydrogens is 464 g/mol. The molecule has 10 heteroatoms. The zero-order valence-electron chi connectivity index (χ0n) is 19.5. The highest BCUT2D eigenvalue weighted by molar-refractivity contribution is 6.46. The molecule has 2 atom stereocenters. The maximum atomic E-state index is 13.2. The van der Waals surface area contributed by atoms with Gasteiger partial charge in [-0.25, -0.2) is 4.98 Å². The van der Waals surface area contributed by atoms with Crippen molar-refractivity contribution in [3.05, 3.63) is 93.6 Å². The van der Waals surface area contributed by atoms with Crippen molar-refractivity contribution in [2.75, 3.05) is 6.54 Å². The lowest BCUT2D eigenvalue weighted by Crippen LogP contribution is -2.31. The van der Waals surface area contributed by atoms with Crippen LogP contribution in [-0.4, -0.2) is 48.8 Å². The first-order valence-corrected chi connectivity index (χ1v) is 11.6. The summed E-state index contributed by atoms with van der Waals surface area (Å²) in [6, 6.07) is 9.99. The summed E-state index contributed by atoms with van der Waals surface area (Å²) in [5.74, 6) is -1.06. The third-order valence-corrected chi connectivity index (χ3v) is 6.50. The van der Waals surface area contributed by atoms with Crippen LogP contribution in [-0.2, 0) is 22.6 Å². The van der Waals surface area contributed by atoms with Gasteiger partial charge in [-0.15, -0.1) is 0 Å². The molecule has 1 fully saturated rings. The summed E-state index contributed by atoms with van der Waals surface area (Å²) in [5.41, 5.74) is 1.68. The highest BCUT2D eigenvalue weighted by Crippen LogP contribution is 2.41. The number of benzene rings is 2. The summed E-state index contributed by atoms with van der Waals surface area (Å²) in [6.45, 7) is 2.78. The molecule has 10 nitrogen and oxygen atoms in total. The Labute approximate surface area is 206 Å². The van der Waals surface area contributed by atoms with Gasteiger partial charge in [0.15, 0.2) is 0 Å². The first-order valence-electron chi connectivity index (χ1n) is 11.6. The fraction of sp³-hybridized carbons (Fsp3) is 0.269. The van der Waals surface area contributed by atoms with E-state index in [2.05, 4.69) is 4.98 Å². The van der Waals surface area contributed by atoms with Gasteiger partial charge in [0.05, 0.1) is 22.9 Å². The molecule has 0 unspecified atom stereocenters. The van der Waals surface area contributed by atoms with Crippen molar-refractivity contribution in [2.45, 2.75) is 38.5 Å². The van der Waals surface area contributed by atoms with Crippen molar-refractivity contribution in [3.63, 3.8) is 0 Å². The SMILES string of the molecule is C[C@@H]1Cc2cc(C(O)=C3C(=O)C(=O)N(CCCn4ccnc4)[C@H]3c3ccc([N+](=O)[O-])cc3)ccc2O1. The van der Waals surface area contributed by atoms with E-state index in [1.165, 1.54) is 29.2 Å². The molecule has 1 saturated heterocycles. The number of amides is 1. The van der Waals surface area contributed by atoms with E-state index in [4.69, 9.17) is 4.74 Å². The van der Waals surface area contributed by atoms with E-state index in [-0.39, 0.29) is 29.7 Å². The number of rotatable bonds is 7. The van der Waals surface area contributed by atoms with Crippen molar-refractivity contribution in [1.82, 2.24) is 14.5 Å². The van der Waals surface area contributed by atoms with Gasteiger partial charge in [0.25, 0.3) is 17.4 Å². The number of nitro groups is 1. The number of nitro benzene ring substituents is 1. The lowest BCUT2D eigenvalue weighted by Gasteiger charge is -2.25. The highest BCUT2D eigenvalue weighted by atomic mass is 16.6. The molecule has 2 aromatic carbocycles. The molecule has 36 heavy (non-hydrogen) atoms. The highest BCUT2D eigenvalue weighted by Gasteiger charge is 2.46. The second-order valence-electron chi connectivity index (χ2n) is 8.95. The second-order valence-corrected chi connectivity index (χ2v) is 8.95. The fourth-order valence-corrected chi connectivity index (χ4v) is 4.80. The van der Waals surface area contributed by atoms with Gasteiger partial charge in [0.2, 0.25) is 0 Å².